The van der Waals surface area contributed by atoms with E-state index in [4.69, 9.17) is 9.84 Å². The van der Waals surface area contributed by atoms with Crippen LogP contribution < -0.4 is 4.74 Å². The number of carbonyl (C=O) groups is 1. The number of para-hydroxylation sites is 1. The van der Waals surface area contributed by atoms with Gasteiger partial charge in [-0.25, -0.2) is 0 Å². The molecule has 16 heavy (non-hydrogen) atoms. The summed E-state index contributed by atoms with van der Waals surface area (Å²) < 4.78 is 5.42. The topological polar surface area (TPSA) is 46.5 Å². The van der Waals surface area contributed by atoms with Gasteiger partial charge in [0.2, 0.25) is 0 Å². The van der Waals surface area contributed by atoms with Crippen LogP contribution in [0.3, 0.4) is 0 Å². The van der Waals surface area contributed by atoms with Gasteiger partial charge in [-0.1, -0.05) is 25.1 Å². The van der Waals surface area contributed by atoms with Crippen molar-refractivity contribution in [3.63, 3.8) is 0 Å². The summed E-state index contributed by atoms with van der Waals surface area (Å²) in [5.41, 5.74) is 1.36. The van der Waals surface area contributed by atoms with Gasteiger partial charge in [-0.15, -0.1) is 0 Å². The van der Waals surface area contributed by atoms with E-state index in [9.17, 15) is 4.79 Å². The molecule has 1 aliphatic heterocycles. The van der Waals surface area contributed by atoms with Crippen LogP contribution in [0.25, 0.3) is 0 Å². The van der Waals surface area contributed by atoms with E-state index in [1.165, 1.54) is 12.0 Å². The number of rotatable bonds is 2. The molecule has 3 heteroatoms. The van der Waals surface area contributed by atoms with Gasteiger partial charge in [0.25, 0.3) is 0 Å². The van der Waals surface area contributed by atoms with Crippen LogP contribution in [0.2, 0.25) is 0 Å². The Morgan fingerprint density at radius 3 is 2.75 bits per heavy atom. The van der Waals surface area contributed by atoms with Crippen LogP contribution in [0, 0.1) is 0 Å². The molecular weight excluding hydrogens is 204 g/mol. The third-order valence-corrected chi connectivity index (χ3v) is 2.28. The summed E-state index contributed by atoms with van der Waals surface area (Å²) >= 11 is 0. The van der Waals surface area contributed by atoms with Crippen molar-refractivity contribution in [1.82, 2.24) is 0 Å². The van der Waals surface area contributed by atoms with E-state index in [0.717, 1.165) is 25.2 Å². The van der Waals surface area contributed by atoms with E-state index in [1.807, 2.05) is 19.1 Å². The second kappa shape index (κ2) is 6.88. The Hall–Kier alpha value is -1.51. The van der Waals surface area contributed by atoms with E-state index < -0.39 is 5.97 Å². The van der Waals surface area contributed by atoms with Crippen molar-refractivity contribution >= 4 is 5.97 Å². The molecule has 0 fully saturated rings. The Bertz CT molecular complexity index is 309. The van der Waals surface area contributed by atoms with E-state index in [1.54, 1.807) is 0 Å². The first-order chi connectivity index (χ1) is 7.74. The minimum absolute atomic E-state index is 0.292. The summed E-state index contributed by atoms with van der Waals surface area (Å²) in [6, 6.07) is 8.25. The van der Waals surface area contributed by atoms with Gasteiger partial charge >= 0.3 is 5.97 Å². The standard InChI is InChI=1S/C9H10O.C4H8O2/c1-2-6-9-8(4-1)5-3-7-10-9;1-2-3-4(5)6/h1-2,4,6H,3,5,7H2;2-3H2,1H3,(H,5,6). The van der Waals surface area contributed by atoms with Gasteiger partial charge in [-0.05, 0) is 30.9 Å². The number of hydrogen-bond donors (Lipinski definition) is 1. The highest BCUT2D eigenvalue weighted by molar-refractivity contribution is 5.66. The summed E-state index contributed by atoms with van der Waals surface area (Å²) in [4.78, 5) is 9.60. The van der Waals surface area contributed by atoms with E-state index >= 15 is 0 Å². The Kier molecular flexibility index (Phi) is 5.40. The maximum absolute atomic E-state index is 9.60. The smallest absolute Gasteiger partial charge is 0.303 e. The van der Waals surface area contributed by atoms with Crippen molar-refractivity contribution in [3.8, 4) is 5.75 Å². The molecular formula is C13H18O3. The molecule has 3 nitrogen and oxygen atoms in total. The molecule has 1 N–H and O–H groups in total. The molecule has 2 rings (SSSR count). The first-order valence-electron chi connectivity index (χ1n) is 5.66. The van der Waals surface area contributed by atoms with E-state index in [-0.39, 0.29) is 0 Å². The van der Waals surface area contributed by atoms with Gasteiger partial charge in [0, 0.05) is 6.42 Å². The average Bonchev–Trinajstić information content (AvgIpc) is 2.30. The van der Waals surface area contributed by atoms with Crippen molar-refractivity contribution in [1.29, 1.82) is 0 Å². The summed E-state index contributed by atoms with van der Waals surface area (Å²) in [7, 11) is 0. The lowest BCUT2D eigenvalue weighted by Crippen LogP contribution is -2.07. The first-order valence-corrected chi connectivity index (χ1v) is 5.66. The van der Waals surface area contributed by atoms with Gasteiger partial charge in [0.05, 0.1) is 6.61 Å². The summed E-state index contributed by atoms with van der Waals surface area (Å²) in [6.45, 7) is 2.73. The molecule has 0 unspecified atom stereocenters. The minimum Gasteiger partial charge on any atom is -0.493 e. The first kappa shape index (κ1) is 12.6. The van der Waals surface area contributed by atoms with Crippen molar-refractivity contribution in [3.05, 3.63) is 29.8 Å². The summed E-state index contributed by atoms with van der Waals surface area (Å²) in [5, 5.41) is 7.91. The number of aryl methyl sites for hydroxylation is 1. The van der Waals surface area contributed by atoms with Gasteiger partial charge < -0.3 is 9.84 Å². The molecule has 0 amide bonds. The molecule has 1 aliphatic rings. The van der Waals surface area contributed by atoms with Crippen molar-refractivity contribution in [2.75, 3.05) is 6.61 Å². The predicted octanol–water partition coefficient (Wildman–Crippen LogP) is 2.88. The van der Waals surface area contributed by atoms with Gasteiger partial charge in [-0.2, -0.15) is 0 Å². The molecule has 0 aromatic heterocycles. The molecule has 1 aromatic carbocycles. The molecule has 1 heterocycles. The van der Waals surface area contributed by atoms with Crippen molar-refractivity contribution in [2.24, 2.45) is 0 Å². The van der Waals surface area contributed by atoms with Crippen LogP contribution in [-0.4, -0.2) is 17.7 Å². The highest BCUT2D eigenvalue weighted by Gasteiger charge is 2.06. The Morgan fingerprint density at radius 2 is 2.19 bits per heavy atom. The molecule has 88 valence electrons. The zero-order valence-electron chi connectivity index (χ0n) is 9.61. The van der Waals surface area contributed by atoms with Crippen LogP contribution in [0.15, 0.2) is 24.3 Å². The Morgan fingerprint density at radius 1 is 1.44 bits per heavy atom. The van der Waals surface area contributed by atoms with Crippen molar-refractivity contribution in [2.45, 2.75) is 32.6 Å². The van der Waals surface area contributed by atoms with Crippen LogP contribution in [0.5, 0.6) is 5.75 Å². The van der Waals surface area contributed by atoms with E-state index in [2.05, 4.69) is 12.1 Å². The molecule has 0 aliphatic carbocycles. The Balaban J connectivity index is 0.000000187. The number of fused-ring (bicyclic) bond motifs is 1. The average molecular weight is 222 g/mol. The quantitative estimate of drug-likeness (QED) is 0.836. The number of ether oxygens (including phenoxy) is 1. The van der Waals surface area contributed by atoms with Crippen LogP contribution >= 0.6 is 0 Å². The maximum atomic E-state index is 9.60. The third-order valence-electron chi connectivity index (χ3n) is 2.28. The fourth-order valence-electron chi connectivity index (χ4n) is 1.51. The molecule has 1 aromatic rings. The lowest BCUT2D eigenvalue weighted by Gasteiger charge is -2.15. The molecule has 0 bridgehead atoms. The monoisotopic (exact) mass is 222 g/mol. The SMILES string of the molecule is CCCC(=O)O.c1ccc2c(c1)CCCO2. The molecule has 0 atom stereocenters. The largest absolute Gasteiger partial charge is 0.493 e. The lowest BCUT2D eigenvalue weighted by molar-refractivity contribution is -0.137. The Labute approximate surface area is 96.1 Å². The fourth-order valence-corrected chi connectivity index (χ4v) is 1.51. The van der Waals surface area contributed by atoms with Crippen LogP contribution in [0.4, 0.5) is 0 Å². The van der Waals surface area contributed by atoms with Crippen molar-refractivity contribution < 1.29 is 14.6 Å². The molecule has 0 saturated carbocycles. The maximum Gasteiger partial charge on any atom is 0.303 e. The second-order valence-corrected chi connectivity index (χ2v) is 3.70. The molecule has 0 radical (unpaired) electrons. The highest BCUT2D eigenvalue weighted by atomic mass is 16.5. The zero-order valence-corrected chi connectivity index (χ0v) is 9.61. The van der Waals surface area contributed by atoms with Gasteiger partial charge in [-0.3, -0.25) is 4.79 Å². The van der Waals surface area contributed by atoms with Crippen LogP contribution in [-0.2, 0) is 11.2 Å². The third kappa shape index (κ3) is 4.34. The fraction of sp³-hybridized carbons (Fsp3) is 0.462. The normalized spacial score (nSPS) is 12.8. The molecule has 0 spiro atoms. The number of carboxylic acids is 1. The van der Waals surface area contributed by atoms with Gasteiger partial charge in [0.15, 0.2) is 0 Å². The number of carboxylic acid groups (broad SMARTS) is 1. The second-order valence-electron chi connectivity index (χ2n) is 3.70. The van der Waals surface area contributed by atoms with Gasteiger partial charge in [0.1, 0.15) is 5.75 Å². The van der Waals surface area contributed by atoms with Crippen LogP contribution in [0.1, 0.15) is 31.7 Å². The molecule has 0 saturated heterocycles. The van der Waals surface area contributed by atoms with E-state index in [0.29, 0.717) is 6.42 Å². The zero-order chi connectivity index (χ0) is 11.8. The summed E-state index contributed by atoms with van der Waals surface area (Å²) in [6.07, 6.45) is 3.36. The lowest BCUT2D eigenvalue weighted by atomic mass is 10.1. The highest BCUT2D eigenvalue weighted by Crippen LogP contribution is 2.22. The predicted molar refractivity (Wildman–Crippen MR) is 62.8 cm³/mol. The number of aliphatic carboxylic acids is 1. The minimum atomic E-state index is -0.711. The number of hydrogen-bond acceptors (Lipinski definition) is 2. The number of benzene rings is 1. The summed E-state index contributed by atoms with van der Waals surface area (Å²) in [5.74, 6) is 0.367.